The second kappa shape index (κ2) is 6.92. The maximum absolute atomic E-state index is 12.8. The number of methoxy groups -OCH3 is 1. The third-order valence-electron chi connectivity index (χ3n) is 4.45. The van der Waals surface area contributed by atoms with Crippen molar-refractivity contribution in [3.05, 3.63) is 35.9 Å². The van der Waals surface area contributed by atoms with Crippen LogP contribution in [0.3, 0.4) is 0 Å². The quantitative estimate of drug-likeness (QED) is 0.874. The Labute approximate surface area is 130 Å². The summed E-state index contributed by atoms with van der Waals surface area (Å²) in [6.45, 7) is 2.80. The first-order valence-corrected chi connectivity index (χ1v) is 7.60. The molecule has 0 bridgehead atoms. The summed E-state index contributed by atoms with van der Waals surface area (Å²) in [6.07, 6.45) is 1.14. The fraction of sp³-hybridized carbons (Fsp3) is 0.529. The van der Waals surface area contributed by atoms with Crippen molar-refractivity contribution in [3.63, 3.8) is 0 Å². The topological polar surface area (TPSA) is 66.8 Å². The Bertz CT molecular complexity index is 531. The summed E-state index contributed by atoms with van der Waals surface area (Å²) >= 11 is 0. The molecule has 120 valence electrons. The lowest BCUT2D eigenvalue weighted by atomic mass is 9.88. The Morgan fingerprint density at radius 3 is 2.59 bits per heavy atom. The van der Waals surface area contributed by atoms with Gasteiger partial charge in [0.1, 0.15) is 5.41 Å². The first-order chi connectivity index (χ1) is 10.5. The molecule has 1 aliphatic heterocycles. The number of hydrogen-bond acceptors (Lipinski definition) is 3. The van der Waals surface area contributed by atoms with Crippen LogP contribution in [0.4, 0.5) is 0 Å². The normalized spacial score (nSPS) is 22.5. The minimum atomic E-state index is -0.973. The predicted molar refractivity (Wildman–Crippen MR) is 82.6 cm³/mol. The van der Waals surface area contributed by atoms with E-state index in [0.29, 0.717) is 19.4 Å². The second-order valence-corrected chi connectivity index (χ2v) is 5.90. The fourth-order valence-corrected chi connectivity index (χ4v) is 3.15. The highest BCUT2D eigenvalue weighted by Crippen LogP contribution is 2.34. The number of hydrogen-bond donors (Lipinski definition) is 1. The number of carboxylic acid groups (broad SMARTS) is 1. The first kappa shape index (κ1) is 16.5. The zero-order chi connectivity index (χ0) is 16.2. The largest absolute Gasteiger partial charge is 0.481 e. The molecule has 1 aromatic rings. The fourth-order valence-electron chi connectivity index (χ4n) is 3.15. The highest BCUT2D eigenvalue weighted by atomic mass is 16.5. The zero-order valence-corrected chi connectivity index (χ0v) is 13.1. The van der Waals surface area contributed by atoms with Crippen molar-refractivity contribution in [2.45, 2.75) is 25.7 Å². The summed E-state index contributed by atoms with van der Waals surface area (Å²) in [5.41, 5.74) is 0.00825. The Hall–Kier alpha value is -1.88. The molecule has 1 heterocycles. The number of carbonyl (C=O) groups excluding carboxylic acids is 1. The minimum Gasteiger partial charge on any atom is -0.481 e. The van der Waals surface area contributed by atoms with Crippen molar-refractivity contribution < 1.29 is 19.4 Å². The number of nitrogens with zero attached hydrogens (tertiary/aromatic N) is 1. The Kier molecular flexibility index (Phi) is 5.19. The van der Waals surface area contributed by atoms with Crippen molar-refractivity contribution in [1.29, 1.82) is 0 Å². The zero-order valence-electron chi connectivity index (χ0n) is 13.1. The highest BCUT2D eigenvalue weighted by molar-refractivity contribution is 5.85. The van der Waals surface area contributed by atoms with Gasteiger partial charge in [-0.25, -0.2) is 0 Å². The number of aliphatic carboxylic acids is 1. The summed E-state index contributed by atoms with van der Waals surface area (Å²) in [5, 5.41) is 9.49. The van der Waals surface area contributed by atoms with Gasteiger partial charge in [0.2, 0.25) is 5.91 Å². The van der Waals surface area contributed by atoms with Crippen LogP contribution in [0.15, 0.2) is 30.3 Å². The van der Waals surface area contributed by atoms with Crippen LogP contribution in [0, 0.1) is 5.41 Å². The lowest BCUT2D eigenvalue weighted by molar-refractivity contribution is -0.151. The predicted octanol–water partition coefficient (Wildman–Crippen LogP) is 2.13. The standard InChI is InChI=1S/C17H23NO4/c1-3-14(13-7-5-4-6-8-13)15(19)18-10-9-17(11-18,12-22-2)16(20)21/h4-8,14H,3,9-12H2,1-2H3,(H,20,21). The Morgan fingerprint density at radius 2 is 2.05 bits per heavy atom. The van der Waals surface area contributed by atoms with Gasteiger partial charge < -0.3 is 14.7 Å². The van der Waals surface area contributed by atoms with E-state index in [9.17, 15) is 14.7 Å². The van der Waals surface area contributed by atoms with E-state index in [1.807, 2.05) is 37.3 Å². The molecule has 22 heavy (non-hydrogen) atoms. The van der Waals surface area contributed by atoms with Gasteiger partial charge in [-0.1, -0.05) is 37.3 Å². The number of rotatable bonds is 6. The number of carboxylic acids is 1. The summed E-state index contributed by atoms with van der Waals surface area (Å²) in [6, 6.07) is 9.65. The molecule has 1 amide bonds. The van der Waals surface area contributed by atoms with Crippen LogP contribution >= 0.6 is 0 Å². The van der Waals surface area contributed by atoms with Crippen LogP contribution in [0.2, 0.25) is 0 Å². The molecular weight excluding hydrogens is 282 g/mol. The molecule has 0 aromatic heterocycles. The molecule has 0 saturated carbocycles. The maximum atomic E-state index is 12.8. The molecule has 1 aromatic carbocycles. The molecule has 1 N–H and O–H groups in total. The number of amides is 1. The highest BCUT2D eigenvalue weighted by Gasteiger charge is 2.47. The molecule has 5 nitrogen and oxygen atoms in total. The molecule has 2 unspecified atom stereocenters. The van der Waals surface area contributed by atoms with Crippen LogP contribution in [0.25, 0.3) is 0 Å². The number of likely N-dealkylation sites (tertiary alicyclic amines) is 1. The summed E-state index contributed by atoms with van der Waals surface area (Å²) < 4.78 is 5.07. The van der Waals surface area contributed by atoms with Gasteiger partial charge in [-0.15, -0.1) is 0 Å². The van der Waals surface area contributed by atoms with Crippen LogP contribution in [-0.4, -0.2) is 48.7 Å². The SMILES string of the molecule is CCC(C(=O)N1CCC(COC)(C(=O)O)C1)c1ccccc1. The number of carbonyl (C=O) groups is 2. The van der Waals surface area contributed by atoms with Crippen LogP contribution in [0.1, 0.15) is 31.2 Å². The van der Waals surface area contributed by atoms with Crippen molar-refractivity contribution in [3.8, 4) is 0 Å². The molecule has 0 radical (unpaired) electrons. The Morgan fingerprint density at radius 1 is 1.36 bits per heavy atom. The van der Waals surface area contributed by atoms with Gasteiger partial charge >= 0.3 is 5.97 Å². The van der Waals surface area contributed by atoms with E-state index in [2.05, 4.69) is 0 Å². The first-order valence-electron chi connectivity index (χ1n) is 7.60. The van der Waals surface area contributed by atoms with Gasteiger partial charge in [0.25, 0.3) is 0 Å². The molecule has 1 saturated heterocycles. The lowest BCUT2D eigenvalue weighted by Gasteiger charge is -2.26. The van der Waals surface area contributed by atoms with Crippen molar-refractivity contribution in [1.82, 2.24) is 4.90 Å². The third kappa shape index (κ3) is 3.14. The Balaban J connectivity index is 2.15. The van der Waals surface area contributed by atoms with E-state index < -0.39 is 11.4 Å². The summed E-state index contributed by atoms with van der Waals surface area (Å²) in [4.78, 5) is 26.0. The molecule has 2 rings (SSSR count). The van der Waals surface area contributed by atoms with Crippen molar-refractivity contribution >= 4 is 11.9 Å². The molecule has 0 aliphatic carbocycles. The van der Waals surface area contributed by atoms with E-state index in [1.54, 1.807) is 4.90 Å². The molecule has 1 fully saturated rings. The van der Waals surface area contributed by atoms with Gasteiger partial charge in [-0.05, 0) is 18.4 Å². The molecule has 5 heteroatoms. The molecule has 1 aliphatic rings. The van der Waals surface area contributed by atoms with Crippen LogP contribution < -0.4 is 0 Å². The summed E-state index contributed by atoms with van der Waals surface area (Å²) in [5.74, 6) is -1.10. The molecular formula is C17H23NO4. The summed E-state index contributed by atoms with van der Waals surface area (Å²) in [7, 11) is 1.49. The third-order valence-corrected chi connectivity index (χ3v) is 4.45. The van der Waals surface area contributed by atoms with E-state index in [4.69, 9.17) is 4.74 Å². The maximum Gasteiger partial charge on any atom is 0.313 e. The number of benzene rings is 1. The smallest absolute Gasteiger partial charge is 0.313 e. The lowest BCUT2D eigenvalue weighted by Crippen LogP contribution is -2.41. The van der Waals surface area contributed by atoms with E-state index in [-0.39, 0.29) is 25.0 Å². The molecule has 0 spiro atoms. The van der Waals surface area contributed by atoms with Gasteiger partial charge in [0.05, 0.1) is 12.5 Å². The van der Waals surface area contributed by atoms with E-state index in [0.717, 1.165) is 5.56 Å². The van der Waals surface area contributed by atoms with E-state index >= 15 is 0 Å². The average Bonchev–Trinajstić information content (AvgIpc) is 2.95. The minimum absolute atomic E-state index is 0.00734. The van der Waals surface area contributed by atoms with Gasteiger partial charge in [0.15, 0.2) is 0 Å². The van der Waals surface area contributed by atoms with Gasteiger partial charge in [-0.3, -0.25) is 9.59 Å². The molecule has 2 atom stereocenters. The van der Waals surface area contributed by atoms with E-state index in [1.165, 1.54) is 7.11 Å². The second-order valence-electron chi connectivity index (χ2n) is 5.90. The van der Waals surface area contributed by atoms with Crippen molar-refractivity contribution in [2.75, 3.05) is 26.8 Å². The average molecular weight is 305 g/mol. The monoisotopic (exact) mass is 305 g/mol. The van der Waals surface area contributed by atoms with Gasteiger partial charge in [0, 0.05) is 20.2 Å². The van der Waals surface area contributed by atoms with Crippen LogP contribution in [0.5, 0.6) is 0 Å². The number of ether oxygens (including phenoxy) is 1. The van der Waals surface area contributed by atoms with Gasteiger partial charge in [-0.2, -0.15) is 0 Å². The van der Waals surface area contributed by atoms with Crippen LogP contribution in [-0.2, 0) is 14.3 Å². The van der Waals surface area contributed by atoms with Crippen molar-refractivity contribution in [2.24, 2.45) is 5.41 Å².